The lowest BCUT2D eigenvalue weighted by atomic mass is 9.68. The molecule has 2 aromatic heterocycles. The summed E-state index contributed by atoms with van der Waals surface area (Å²) >= 11 is 0. The summed E-state index contributed by atoms with van der Waals surface area (Å²) in [6, 6.07) is 11.7. The lowest BCUT2D eigenvalue weighted by molar-refractivity contribution is -0.137. The van der Waals surface area contributed by atoms with Gasteiger partial charge in [0.2, 0.25) is 11.9 Å². The van der Waals surface area contributed by atoms with Gasteiger partial charge in [-0.15, -0.1) is 0 Å². The van der Waals surface area contributed by atoms with Gasteiger partial charge in [0.05, 0.1) is 55.8 Å². The number of likely N-dealkylation sites (N-methyl/N-ethyl adjacent to an activating group) is 1. The highest BCUT2D eigenvalue weighted by molar-refractivity contribution is 5.52. The SMILES string of the molecule is COc1ccc(COC2CC(C)(C)Cc3nc(C4CCN(c5ncc(N(C)CCO)cn5)CC4)c(C(F)c4ccc(C(F)(F)F)cc4)c(C4CCC(F)(F)CC4)c32)cc1. The third-order valence-electron chi connectivity index (χ3n) is 12.3. The van der Waals surface area contributed by atoms with Crippen LogP contribution in [0.3, 0.4) is 0 Å². The molecule has 4 aromatic rings. The number of benzene rings is 2. The minimum Gasteiger partial charge on any atom is -0.497 e. The lowest BCUT2D eigenvalue weighted by Crippen LogP contribution is -2.36. The molecule has 2 unspecified atom stereocenters. The van der Waals surface area contributed by atoms with Gasteiger partial charge in [0.15, 0.2) is 6.17 Å². The molecule has 59 heavy (non-hydrogen) atoms. The summed E-state index contributed by atoms with van der Waals surface area (Å²) < 4.78 is 101. The number of aliphatic hydroxyl groups excluding tert-OH is 1. The van der Waals surface area contributed by atoms with Crippen LogP contribution in [0.1, 0.15) is 128 Å². The van der Waals surface area contributed by atoms with Gasteiger partial charge >= 0.3 is 6.18 Å². The van der Waals surface area contributed by atoms with Crippen LogP contribution in [0.5, 0.6) is 5.75 Å². The Morgan fingerprint density at radius 3 is 2.15 bits per heavy atom. The fourth-order valence-corrected chi connectivity index (χ4v) is 9.05. The Balaban J connectivity index is 1.32. The molecule has 0 amide bonds. The second-order valence-electron chi connectivity index (χ2n) is 17.1. The van der Waals surface area contributed by atoms with E-state index < -0.39 is 35.9 Å². The van der Waals surface area contributed by atoms with Crippen molar-refractivity contribution in [1.82, 2.24) is 15.0 Å². The van der Waals surface area contributed by atoms with E-state index in [1.807, 2.05) is 36.2 Å². The lowest BCUT2D eigenvalue weighted by Gasteiger charge is -2.42. The molecule has 2 aromatic carbocycles. The molecule has 0 bridgehead atoms. The Morgan fingerprint density at radius 1 is 0.915 bits per heavy atom. The molecule has 2 aliphatic carbocycles. The van der Waals surface area contributed by atoms with Crippen molar-refractivity contribution in [2.75, 3.05) is 50.2 Å². The van der Waals surface area contributed by atoms with Gasteiger partial charge in [-0.05, 0) is 90.8 Å². The van der Waals surface area contributed by atoms with Crippen molar-refractivity contribution in [3.63, 3.8) is 0 Å². The van der Waals surface area contributed by atoms with Crippen LogP contribution in [0.25, 0.3) is 0 Å². The number of anilines is 2. The smallest absolute Gasteiger partial charge is 0.416 e. The van der Waals surface area contributed by atoms with E-state index in [4.69, 9.17) is 14.5 Å². The van der Waals surface area contributed by atoms with Gasteiger partial charge in [0.1, 0.15) is 5.75 Å². The van der Waals surface area contributed by atoms with Crippen molar-refractivity contribution in [3.05, 3.63) is 106 Å². The molecule has 7 rings (SSSR count). The first-order chi connectivity index (χ1) is 28.1. The maximum absolute atomic E-state index is 17.8. The summed E-state index contributed by atoms with van der Waals surface area (Å²) in [5.74, 6) is -2.27. The number of fused-ring (bicyclic) bond motifs is 1. The minimum atomic E-state index is -4.60. The van der Waals surface area contributed by atoms with E-state index in [1.54, 1.807) is 19.5 Å². The number of hydrogen-bond donors (Lipinski definition) is 1. The molecule has 1 saturated heterocycles. The molecule has 14 heteroatoms. The zero-order chi connectivity index (χ0) is 42.1. The van der Waals surface area contributed by atoms with Crippen LogP contribution in [-0.2, 0) is 23.9 Å². The van der Waals surface area contributed by atoms with E-state index in [-0.39, 0.29) is 61.4 Å². The summed E-state index contributed by atoms with van der Waals surface area (Å²) in [6.07, 6.45) is -1.76. The summed E-state index contributed by atoms with van der Waals surface area (Å²) in [4.78, 5) is 18.4. The Hall–Kier alpha value is -4.43. The average Bonchev–Trinajstić information content (AvgIpc) is 3.21. The molecule has 1 aliphatic heterocycles. The van der Waals surface area contributed by atoms with Gasteiger partial charge in [-0.3, -0.25) is 4.98 Å². The zero-order valence-electron chi connectivity index (χ0n) is 34.0. The molecule has 2 fully saturated rings. The highest BCUT2D eigenvalue weighted by Gasteiger charge is 2.44. The van der Waals surface area contributed by atoms with Crippen molar-refractivity contribution in [3.8, 4) is 5.75 Å². The van der Waals surface area contributed by atoms with Gasteiger partial charge in [0.25, 0.3) is 0 Å². The van der Waals surface area contributed by atoms with Crippen molar-refractivity contribution < 1.29 is 40.9 Å². The zero-order valence-corrected chi connectivity index (χ0v) is 34.0. The molecule has 1 saturated carbocycles. The van der Waals surface area contributed by atoms with E-state index in [0.717, 1.165) is 34.6 Å². The first-order valence-electron chi connectivity index (χ1n) is 20.4. The summed E-state index contributed by atoms with van der Waals surface area (Å²) in [7, 11) is 3.43. The first-order valence-corrected chi connectivity index (χ1v) is 20.4. The molecule has 2 atom stereocenters. The number of hydrogen-bond acceptors (Lipinski definition) is 8. The summed E-state index contributed by atoms with van der Waals surface area (Å²) in [5.41, 5.74) is 3.52. The van der Waals surface area contributed by atoms with Gasteiger partial charge in [-0.25, -0.2) is 23.1 Å². The van der Waals surface area contributed by atoms with E-state index >= 15 is 4.39 Å². The Bertz CT molecular complexity index is 2030. The van der Waals surface area contributed by atoms with E-state index in [9.17, 15) is 27.1 Å². The number of methoxy groups -OCH3 is 1. The van der Waals surface area contributed by atoms with Crippen LogP contribution in [0, 0.1) is 5.41 Å². The number of nitrogens with zero attached hydrogens (tertiary/aromatic N) is 5. The fraction of sp³-hybridized carbons (Fsp3) is 0.533. The monoisotopic (exact) mass is 825 g/mol. The number of ether oxygens (including phenoxy) is 2. The van der Waals surface area contributed by atoms with Crippen LogP contribution in [0.4, 0.5) is 38.0 Å². The second kappa shape index (κ2) is 17.3. The molecule has 3 aliphatic rings. The average molecular weight is 826 g/mol. The summed E-state index contributed by atoms with van der Waals surface area (Å²) in [6.45, 7) is 6.02. The van der Waals surface area contributed by atoms with Gasteiger partial charge in [0, 0.05) is 62.3 Å². The molecular formula is C45H53F6N5O3. The molecule has 318 valence electrons. The molecule has 0 radical (unpaired) electrons. The van der Waals surface area contributed by atoms with Crippen LogP contribution < -0.4 is 14.5 Å². The number of pyridine rings is 1. The molecular weight excluding hydrogens is 773 g/mol. The predicted molar refractivity (Wildman–Crippen MR) is 214 cm³/mol. The third-order valence-corrected chi connectivity index (χ3v) is 12.3. The predicted octanol–water partition coefficient (Wildman–Crippen LogP) is 10.3. The van der Waals surface area contributed by atoms with Gasteiger partial charge < -0.3 is 24.4 Å². The van der Waals surface area contributed by atoms with Crippen molar-refractivity contribution in [1.29, 1.82) is 0 Å². The number of aliphatic hydroxyl groups is 1. The topological polar surface area (TPSA) is 83.8 Å². The number of alkyl halides is 6. The van der Waals surface area contributed by atoms with Crippen molar-refractivity contribution in [2.24, 2.45) is 5.41 Å². The number of piperidine rings is 1. The maximum atomic E-state index is 17.8. The maximum Gasteiger partial charge on any atom is 0.416 e. The highest BCUT2D eigenvalue weighted by Crippen LogP contribution is 2.53. The quantitative estimate of drug-likeness (QED) is 0.141. The minimum absolute atomic E-state index is 0.00704. The molecule has 3 heterocycles. The van der Waals surface area contributed by atoms with Crippen LogP contribution in [0.2, 0.25) is 0 Å². The normalized spacial score (nSPS) is 20.3. The van der Waals surface area contributed by atoms with Crippen molar-refractivity contribution in [2.45, 2.75) is 108 Å². The second-order valence-corrected chi connectivity index (χ2v) is 17.1. The third kappa shape index (κ3) is 9.64. The van der Waals surface area contributed by atoms with E-state index in [1.165, 1.54) is 12.1 Å². The van der Waals surface area contributed by atoms with Crippen LogP contribution in [0.15, 0.2) is 60.9 Å². The van der Waals surface area contributed by atoms with Crippen LogP contribution in [-0.4, -0.2) is 66.4 Å². The molecule has 0 spiro atoms. The Morgan fingerprint density at radius 2 is 1.56 bits per heavy atom. The number of halogens is 6. The highest BCUT2D eigenvalue weighted by atomic mass is 19.4. The first kappa shape index (κ1) is 42.7. The van der Waals surface area contributed by atoms with Crippen molar-refractivity contribution >= 4 is 11.6 Å². The number of rotatable bonds is 12. The van der Waals surface area contributed by atoms with Gasteiger partial charge in [-0.1, -0.05) is 38.1 Å². The molecule has 1 N–H and O–H groups in total. The van der Waals surface area contributed by atoms with E-state index in [0.29, 0.717) is 68.3 Å². The summed E-state index contributed by atoms with van der Waals surface area (Å²) in [5, 5.41) is 9.33. The Labute approximate surface area is 342 Å². The van der Waals surface area contributed by atoms with Gasteiger partial charge in [-0.2, -0.15) is 13.2 Å². The largest absolute Gasteiger partial charge is 0.497 e. The standard InChI is InChI=1S/C45H53F6N5O3/c1-43(2)23-35-38(36(24-43)59-27-28-5-11-34(58-4)12-6-28)37(29-13-17-44(47,48)18-14-29)39(40(46)30-7-9-32(10-8-30)45(49,50)51)41(54-35)31-15-19-56(20-16-31)42-52-25-33(26-53-42)55(3)21-22-57/h5-12,25-26,29,31,36,40,57H,13-24,27H2,1-4H3. The molecule has 8 nitrogen and oxygen atoms in total. The Kier molecular flexibility index (Phi) is 12.5. The number of aromatic nitrogens is 3. The fourth-order valence-electron chi connectivity index (χ4n) is 9.05. The van der Waals surface area contributed by atoms with Crippen LogP contribution >= 0.6 is 0 Å². The van der Waals surface area contributed by atoms with E-state index in [2.05, 4.69) is 28.7 Å².